The number of aromatic nitrogens is 4. The fourth-order valence-corrected chi connectivity index (χ4v) is 4.79. The SMILES string of the molecule is CCCS(=O)(=O)N1CC=C(c2cnc(C)c(-c3nnc(-c4ccccc4)o3)n2)CC1.[HH]. The second-order valence-corrected chi connectivity index (χ2v) is 9.21. The Kier molecular flexibility index (Phi) is 5.74. The Labute approximate surface area is 177 Å². The maximum atomic E-state index is 12.3. The van der Waals surface area contributed by atoms with Crippen molar-refractivity contribution in [1.82, 2.24) is 24.5 Å². The van der Waals surface area contributed by atoms with Gasteiger partial charge in [-0.3, -0.25) is 4.98 Å². The molecule has 1 aromatic carbocycles. The highest BCUT2D eigenvalue weighted by molar-refractivity contribution is 7.89. The minimum atomic E-state index is -3.20. The van der Waals surface area contributed by atoms with Gasteiger partial charge in [0.2, 0.25) is 15.9 Å². The summed E-state index contributed by atoms with van der Waals surface area (Å²) < 4.78 is 31.9. The van der Waals surface area contributed by atoms with Crippen LogP contribution in [0.5, 0.6) is 0 Å². The first-order chi connectivity index (χ1) is 14.5. The van der Waals surface area contributed by atoms with E-state index >= 15 is 0 Å². The monoisotopic (exact) mass is 427 g/mol. The summed E-state index contributed by atoms with van der Waals surface area (Å²) in [7, 11) is -3.20. The number of benzene rings is 1. The molecule has 2 aromatic heterocycles. The Morgan fingerprint density at radius 2 is 1.93 bits per heavy atom. The van der Waals surface area contributed by atoms with E-state index in [0.29, 0.717) is 54.8 Å². The number of aryl methyl sites for hydroxylation is 1. The largest absolute Gasteiger partial charge is 0.415 e. The molecule has 158 valence electrons. The highest BCUT2D eigenvalue weighted by atomic mass is 32.2. The molecule has 0 amide bonds. The van der Waals surface area contributed by atoms with Crippen LogP contribution >= 0.6 is 0 Å². The van der Waals surface area contributed by atoms with Gasteiger partial charge in [0, 0.05) is 20.1 Å². The van der Waals surface area contributed by atoms with Gasteiger partial charge in [-0.2, -0.15) is 4.31 Å². The highest BCUT2D eigenvalue weighted by Crippen LogP contribution is 2.27. The van der Waals surface area contributed by atoms with E-state index in [9.17, 15) is 8.42 Å². The molecule has 3 heterocycles. The predicted octanol–water partition coefficient (Wildman–Crippen LogP) is 3.58. The zero-order chi connectivity index (χ0) is 21.1. The quantitative estimate of drug-likeness (QED) is 0.592. The van der Waals surface area contributed by atoms with Gasteiger partial charge in [0.1, 0.15) is 5.69 Å². The van der Waals surface area contributed by atoms with Gasteiger partial charge in [-0.05, 0) is 37.5 Å². The molecular weight excluding hydrogens is 402 g/mol. The topological polar surface area (TPSA) is 102 Å². The second-order valence-electron chi connectivity index (χ2n) is 7.12. The van der Waals surface area contributed by atoms with Crippen molar-refractivity contribution in [3.8, 4) is 23.0 Å². The van der Waals surface area contributed by atoms with Gasteiger partial charge in [-0.15, -0.1) is 10.2 Å². The van der Waals surface area contributed by atoms with Gasteiger partial charge in [0.05, 0.1) is 23.3 Å². The smallest absolute Gasteiger partial charge is 0.268 e. The third-order valence-corrected chi connectivity index (χ3v) is 7.00. The van der Waals surface area contributed by atoms with Crippen LogP contribution in [0.4, 0.5) is 0 Å². The van der Waals surface area contributed by atoms with Gasteiger partial charge in [0.25, 0.3) is 5.89 Å². The standard InChI is InChI=1S/C21H23N5O3S.H2/c1-3-13-30(27,28)26-11-9-16(10-12-26)18-14-22-15(2)19(23-18)21-25-24-20(29-21)17-7-5-4-6-8-17;/h4-9,14H,3,10-13H2,1-2H3;1H. The molecule has 0 radical (unpaired) electrons. The van der Waals surface area contributed by atoms with Gasteiger partial charge in [-0.1, -0.05) is 31.2 Å². The molecule has 0 unspecified atom stereocenters. The van der Waals surface area contributed by atoms with E-state index in [1.54, 1.807) is 6.20 Å². The van der Waals surface area contributed by atoms with Crippen molar-refractivity contribution in [2.45, 2.75) is 26.7 Å². The Bertz CT molecular complexity index is 1180. The molecule has 1 aliphatic rings. The Balaban J connectivity index is 0.00000272. The van der Waals surface area contributed by atoms with Crippen LogP contribution in [0.3, 0.4) is 0 Å². The molecule has 1 aliphatic heterocycles. The summed E-state index contributed by atoms with van der Waals surface area (Å²) in [6, 6.07) is 9.54. The van der Waals surface area contributed by atoms with E-state index in [-0.39, 0.29) is 7.18 Å². The van der Waals surface area contributed by atoms with E-state index in [1.807, 2.05) is 50.3 Å². The van der Waals surface area contributed by atoms with Crippen molar-refractivity contribution in [3.63, 3.8) is 0 Å². The molecule has 0 saturated carbocycles. The van der Waals surface area contributed by atoms with Crippen LogP contribution in [0.15, 0.2) is 47.0 Å². The summed E-state index contributed by atoms with van der Waals surface area (Å²) in [5.41, 5.74) is 3.72. The van der Waals surface area contributed by atoms with Crippen LogP contribution in [0.25, 0.3) is 28.6 Å². The lowest BCUT2D eigenvalue weighted by atomic mass is 10.1. The van der Waals surface area contributed by atoms with Gasteiger partial charge in [-0.25, -0.2) is 13.4 Å². The minimum absolute atomic E-state index is 0. The highest BCUT2D eigenvalue weighted by Gasteiger charge is 2.24. The third kappa shape index (κ3) is 4.17. The molecule has 9 heteroatoms. The van der Waals surface area contributed by atoms with Crippen LogP contribution in [0, 0.1) is 6.92 Å². The number of hydrogen-bond acceptors (Lipinski definition) is 7. The third-order valence-electron chi connectivity index (χ3n) is 4.96. The summed E-state index contributed by atoms with van der Waals surface area (Å²) in [6.07, 6.45) is 4.80. The van der Waals surface area contributed by atoms with Crippen molar-refractivity contribution in [2.24, 2.45) is 0 Å². The maximum absolute atomic E-state index is 12.3. The number of nitrogens with zero attached hydrogens (tertiary/aromatic N) is 5. The predicted molar refractivity (Wildman–Crippen MR) is 116 cm³/mol. The van der Waals surface area contributed by atoms with Gasteiger partial charge >= 0.3 is 0 Å². The normalized spacial score (nSPS) is 15.2. The fraction of sp³-hybridized carbons (Fsp3) is 0.333. The van der Waals surface area contributed by atoms with E-state index in [1.165, 1.54) is 4.31 Å². The Morgan fingerprint density at radius 3 is 2.63 bits per heavy atom. The molecule has 3 aromatic rings. The molecule has 0 spiro atoms. The van der Waals surface area contributed by atoms with Crippen LogP contribution in [-0.4, -0.2) is 51.7 Å². The van der Waals surface area contributed by atoms with E-state index in [0.717, 1.165) is 11.1 Å². The van der Waals surface area contributed by atoms with Crippen molar-refractivity contribution in [1.29, 1.82) is 0 Å². The molecule has 0 bridgehead atoms. The average molecular weight is 428 g/mol. The van der Waals surface area contributed by atoms with E-state index < -0.39 is 10.0 Å². The average Bonchev–Trinajstić information content (AvgIpc) is 3.25. The molecule has 0 N–H and O–H groups in total. The minimum Gasteiger partial charge on any atom is -0.415 e. The second kappa shape index (κ2) is 8.45. The maximum Gasteiger partial charge on any atom is 0.268 e. The summed E-state index contributed by atoms with van der Waals surface area (Å²) in [5, 5.41) is 8.28. The number of hydrogen-bond donors (Lipinski definition) is 0. The molecule has 0 saturated heterocycles. The number of sulfonamides is 1. The molecule has 8 nitrogen and oxygen atoms in total. The zero-order valence-corrected chi connectivity index (χ0v) is 17.8. The molecule has 0 fully saturated rings. The zero-order valence-electron chi connectivity index (χ0n) is 16.9. The van der Waals surface area contributed by atoms with Gasteiger partial charge in [0.15, 0.2) is 0 Å². The fourth-order valence-electron chi connectivity index (χ4n) is 3.35. The Morgan fingerprint density at radius 1 is 1.17 bits per heavy atom. The van der Waals surface area contributed by atoms with Crippen LogP contribution in [0.2, 0.25) is 0 Å². The van der Waals surface area contributed by atoms with Crippen LogP contribution < -0.4 is 0 Å². The van der Waals surface area contributed by atoms with Gasteiger partial charge < -0.3 is 4.42 Å². The number of rotatable bonds is 6. The van der Waals surface area contributed by atoms with E-state index in [4.69, 9.17) is 9.40 Å². The van der Waals surface area contributed by atoms with Crippen molar-refractivity contribution in [3.05, 3.63) is 54.0 Å². The lowest BCUT2D eigenvalue weighted by Crippen LogP contribution is -2.36. The van der Waals surface area contributed by atoms with Crippen LogP contribution in [-0.2, 0) is 10.0 Å². The first kappa shape index (κ1) is 20.4. The summed E-state index contributed by atoms with van der Waals surface area (Å²) in [5.74, 6) is 0.904. The lowest BCUT2D eigenvalue weighted by Gasteiger charge is -2.25. The first-order valence-electron chi connectivity index (χ1n) is 9.88. The molecule has 30 heavy (non-hydrogen) atoms. The summed E-state index contributed by atoms with van der Waals surface area (Å²) in [4.78, 5) is 9.15. The molecule has 0 atom stereocenters. The summed E-state index contributed by atoms with van der Waals surface area (Å²) >= 11 is 0. The van der Waals surface area contributed by atoms with Crippen molar-refractivity contribution < 1.29 is 14.3 Å². The van der Waals surface area contributed by atoms with Crippen molar-refractivity contribution in [2.75, 3.05) is 18.8 Å². The lowest BCUT2D eigenvalue weighted by molar-refractivity contribution is 0.440. The first-order valence-corrected chi connectivity index (χ1v) is 11.5. The summed E-state index contributed by atoms with van der Waals surface area (Å²) in [6.45, 7) is 4.50. The molecule has 0 aliphatic carbocycles. The Hall–Kier alpha value is -2.91. The van der Waals surface area contributed by atoms with Crippen LogP contribution in [0.1, 0.15) is 32.6 Å². The van der Waals surface area contributed by atoms with E-state index in [2.05, 4.69) is 15.2 Å². The molecule has 4 rings (SSSR count). The molecular formula is C21H25N5O3S. The van der Waals surface area contributed by atoms with Crippen molar-refractivity contribution >= 4 is 15.6 Å².